The minimum absolute atomic E-state index is 0.0485. The SMILES string of the molecule is O=[N+]([O-])c1ccc(N(Cc2ccc3cccnc3c2)n2cnnc2)cc1. The normalized spacial score (nSPS) is 10.8. The molecule has 0 saturated carbocycles. The van der Waals surface area contributed by atoms with Gasteiger partial charge in [-0.2, -0.15) is 0 Å². The number of non-ortho nitro benzene ring substituents is 1. The van der Waals surface area contributed by atoms with E-state index in [1.54, 1.807) is 35.7 Å². The van der Waals surface area contributed by atoms with Gasteiger partial charge in [-0.3, -0.25) is 20.1 Å². The molecule has 2 aromatic carbocycles. The lowest BCUT2D eigenvalue weighted by Gasteiger charge is -2.25. The quantitative estimate of drug-likeness (QED) is 0.407. The van der Waals surface area contributed by atoms with Gasteiger partial charge in [0.1, 0.15) is 12.7 Å². The van der Waals surface area contributed by atoms with E-state index in [1.165, 1.54) is 12.1 Å². The summed E-state index contributed by atoms with van der Waals surface area (Å²) in [6.07, 6.45) is 4.93. The smallest absolute Gasteiger partial charge is 0.269 e. The van der Waals surface area contributed by atoms with Crippen LogP contribution in [0.15, 0.2) is 73.4 Å². The first-order chi connectivity index (χ1) is 12.7. The Hall–Kier alpha value is -3.81. The van der Waals surface area contributed by atoms with Gasteiger partial charge in [-0.15, -0.1) is 10.2 Å². The summed E-state index contributed by atoms with van der Waals surface area (Å²) in [7, 11) is 0. The number of anilines is 1. The molecule has 26 heavy (non-hydrogen) atoms. The average Bonchev–Trinajstić information content (AvgIpc) is 3.20. The zero-order valence-electron chi connectivity index (χ0n) is 13.6. The third kappa shape index (κ3) is 3.07. The van der Waals surface area contributed by atoms with Crippen LogP contribution in [0.3, 0.4) is 0 Å². The number of rotatable bonds is 5. The highest BCUT2D eigenvalue weighted by atomic mass is 16.6. The van der Waals surface area contributed by atoms with Gasteiger partial charge in [0.05, 0.1) is 22.7 Å². The van der Waals surface area contributed by atoms with Crippen molar-refractivity contribution in [3.63, 3.8) is 0 Å². The fourth-order valence-corrected chi connectivity index (χ4v) is 2.76. The van der Waals surface area contributed by atoms with Gasteiger partial charge in [0.2, 0.25) is 0 Å². The van der Waals surface area contributed by atoms with Gasteiger partial charge in [0, 0.05) is 23.7 Å². The number of nitro groups is 1. The molecule has 8 heteroatoms. The van der Waals surface area contributed by atoms with Gasteiger partial charge in [-0.05, 0) is 29.8 Å². The molecule has 4 rings (SSSR count). The molecule has 0 unspecified atom stereocenters. The first-order valence-corrected chi connectivity index (χ1v) is 7.91. The Balaban J connectivity index is 1.70. The summed E-state index contributed by atoms with van der Waals surface area (Å²) in [5, 5.41) is 21.6. The van der Waals surface area contributed by atoms with E-state index in [2.05, 4.69) is 15.2 Å². The highest BCUT2D eigenvalue weighted by molar-refractivity contribution is 5.78. The molecule has 0 atom stereocenters. The molecule has 0 aliphatic heterocycles. The average molecular weight is 346 g/mol. The fraction of sp³-hybridized carbons (Fsp3) is 0.0556. The van der Waals surface area contributed by atoms with E-state index < -0.39 is 4.92 Å². The lowest BCUT2D eigenvalue weighted by atomic mass is 10.1. The molecule has 0 bridgehead atoms. The number of benzene rings is 2. The van der Waals surface area contributed by atoms with Crippen LogP contribution in [0.4, 0.5) is 11.4 Å². The van der Waals surface area contributed by atoms with Gasteiger partial charge >= 0.3 is 0 Å². The maximum absolute atomic E-state index is 10.9. The van der Waals surface area contributed by atoms with Crippen LogP contribution in [-0.2, 0) is 6.54 Å². The predicted octanol–water partition coefficient (Wildman–Crippen LogP) is 3.20. The lowest BCUT2D eigenvalue weighted by molar-refractivity contribution is -0.384. The van der Waals surface area contributed by atoms with E-state index >= 15 is 0 Å². The van der Waals surface area contributed by atoms with E-state index in [4.69, 9.17) is 0 Å². The molecule has 128 valence electrons. The van der Waals surface area contributed by atoms with Crippen molar-refractivity contribution >= 4 is 22.3 Å². The molecular weight excluding hydrogens is 332 g/mol. The first-order valence-electron chi connectivity index (χ1n) is 7.91. The third-order valence-corrected chi connectivity index (χ3v) is 4.05. The topological polar surface area (TPSA) is 90.0 Å². The van der Waals surface area contributed by atoms with Crippen LogP contribution in [0.5, 0.6) is 0 Å². The van der Waals surface area contributed by atoms with E-state index in [1.807, 2.05) is 35.3 Å². The molecule has 4 aromatic rings. The molecule has 0 saturated heterocycles. The Bertz CT molecular complexity index is 1050. The molecule has 0 aliphatic rings. The van der Waals surface area contributed by atoms with Crippen LogP contribution < -0.4 is 5.01 Å². The number of fused-ring (bicyclic) bond motifs is 1. The monoisotopic (exact) mass is 346 g/mol. The Morgan fingerprint density at radius 1 is 1.04 bits per heavy atom. The van der Waals surface area contributed by atoms with Crippen molar-refractivity contribution in [2.45, 2.75) is 6.54 Å². The largest absolute Gasteiger partial charge is 0.274 e. The van der Waals surface area contributed by atoms with Gasteiger partial charge in [0.15, 0.2) is 0 Å². The number of hydrogen-bond donors (Lipinski definition) is 0. The second-order valence-corrected chi connectivity index (χ2v) is 5.70. The predicted molar refractivity (Wildman–Crippen MR) is 96.4 cm³/mol. The van der Waals surface area contributed by atoms with Gasteiger partial charge in [0.25, 0.3) is 5.69 Å². The van der Waals surface area contributed by atoms with Gasteiger partial charge < -0.3 is 0 Å². The Labute approximate surface area is 148 Å². The summed E-state index contributed by atoms with van der Waals surface area (Å²) < 4.78 is 1.74. The molecule has 0 N–H and O–H groups in total. The van der Waals surface area contributed by atoms with Crippen molar-refractivity contribution in [2.24, 2.45) is 0 Å². The van der Waals surface area contributed by atoms with Crippen molar-refractivity contribution in [3.05, 3.63) is 89.1 Å². The van der Waals surface area contributed by atoms with Gasteiger partial charge in [-0.25, -0.2) is 4.68 Å². The van der Waals surface area contributed by atoms with Crippen molar-refractivity contribution in [1.82, 2.24) is 19.9 Å². The molecule has 0 radical (unpaired) electrons. The highest BCUT2D eigenvalue weighted by Gasteiger charge is 2.13. The molecule has 0 aliphatic carbocycles. The summed E-state index contributed by atoms with van der Waals surface area (Å²) >= 11 is 0. The number of pyridine rings is 1. The van der Waals surface area contributed by atoms with Crippen LogP contribution in [0.2, 0.25) is 0 Å². The van der Waals surface area contributed by atoms with Crippen molar-refractivity contribution in [3.8, 4) is 0 Å². The second kappa shape index (κ2) is 6.60. The summed E-state index contributed by atoms with van der Waals surface area (Å²) in [5.41, 5.74) is 2.80. The van der Waals surface area contributed by atoms with E-state index in [0.717, 1.165) is 22.2 Å². The summed E-state index contributed by atoms with van der Waals surface area (Å²) in [4.78, 5) is 14.9. The minimum atomic E-state index is -0.415. The second-order valence-electron chi connectivity index (χ2n) is 5.70. The van der Waals surface area contributed by atoms with E-state index in [-0.39, 0.29) is 5.69 Å². The van der Waals surface area contributed by atoms with Crippen molar-refractivity contribution in [1.29, 1.82) is 0 Å². The summed E-state index contributed by atoms with van der Waals surface area (Å²) in [5.74, 6) is 0. The summed E-state index contributed by atoms with van der Waals surface area (Å²) in [6.45, 7) is 0.530. The van der Waals surface area contributed by atoms with Crippen LogP contribution in [0.1, 0.15) is 5.56 Å². The van der Waals surface area contributed by atoms with Crippen LogP contribution in [0.25, 0.3) is 10.9 Å². The van der Waals surface area contributed by atoms with Crippen LogP contribution in [0, 0.1) is 10.1 Å². The molecule has 0 amide bonds. The standard InChI is InChI=1S/C18H14N6O2/c25-24(26)17-7-5-16(6-8-17)23(22-12-20-21-13-22)11-14-3-4-15-2-1-9-19-18(15)10-14/h1-10,12-13H,11H2. The zero-order chi connectivity index (χ0) is 17.9. The molecular formula is C18H14N6O2. The third-order valence-electron chi connectivity index (χ3n) is 4.05. The molecule has 2 aromatic heterocycles. The number of nitro benzene ring substituents is 1. The van der Waals surface area contributed by atoms with E-state index in [9.17, 15) is 10.1 Å². The number of aromatic nitrogens is 4. The van der Waals surface area contributed by atoms with Crippen LogP contribution in [-0.4, -0.2) is 24.8 Å². The van der Waals surface area contributed by atoms with Gasteiger partial charge in [-0.1, -0.05) is 18.2 Å². The highest BCUT2D eigenvalue weighted by Crippen LogP contribution is 2.23. The lowest BCUT2D eigenvalue weighted by Crippen LogP contribution is -2.27. The first kappa shape index (κ1) is 15.7. The zero-order valence-corrected chi connectivity index (χ0v) is 13.6. The molecule has 0 spiro atoms. The Morgan fingerprint density at radius 2 is 1.81 bits per heavy atom. The van der Waals surface area contributed by atoms with Crippen molar-refractivity contribution < 1.29 is 4.92 Å². The molecule has 2 heterocycles. The maximum atomic E-state index is 10.9. The maximum Gasteiger partial charge on any atom is 0.269 e. The molecule has 8 nitrogen and oxygen atoms in total. The summed E-state index contributed by atoms with van der Waals surface area (Å²) in [6, 6.07) is 16.4. The Morgan fingerprint density at radius 3 is 2.54 bits per heavy atom. The van der Waals surface area contributed by atoms with E-state index in [0.29, 0.717) is 6.54 Å². The number of nitrogens with zero attached hydrogens (tertiary/aromatic N) is 6. The van der Waals surface area contributed by atoms with Crippen molar-refractivity contribution in [2.75, 3.05) is 5.01 Å². The van der Waals surface area contributed by atoms with Crippen LogP contribution >= 0.6 is 0 Å². The number of hydrogen-bond acceptors (Lipinski definition) is 6. The fourth-order valence-electron chi connectivity index (χ4n) is 2.76. The molecule has 0 fully saturated rings. The minimum Gasteiger partial charge on any atom is -0.274 e. The Kier molecular flexibility index (Phi) is 3.98.